The summed E-state index contributed by atoms with van der Waals surface area (Å²) in [6.07, 6.45) is 1.69. The average molecular weight is 461 g/mol. The molecule has 4 N–H and O–H groups in total. The smallest absolute Gasteiger partial charge is 0.274 e. The third kappa shape index (κ3) is 3.77. The summed E-state index contributed by atoms with van der Waals surface area (Å²) in [4.78, 5) is 25.8. The molecule has 33 heavy (non-hydrogen) atoms. The highest BCUT2D eigenvalue weighted by molar-refractivity contribution is 7.07. The number of carbonyl (C=O) groups excluding carboxylic acids is 1. The molecule has 166 valence electrons. The van der Waals surface area contributed by atoms with Crippen LogP contribution >= 0.6 is 11.3 Å². The van der Waals surface area contributed by atoms with Crippen molar-refractivity contribution in [1.29, 1.82) is 5.26 Å². The van der Waals surface area contributed by atoms with Crippen molar-refractivity contribution in [2.24, 2.45) is 11.5 Å². The fraction of sp³-hybridized carbons (Fsp3) is 0.125. The summed E-state index contributed by atoms with van der Waals surface area (Å²) in [6.45, 7) is 0. The van der Waals surface area contributed by atoms with Gasteiger partial charge in [0.15, 0.2) is 0 Å². The van der Waals surface area contributed by atoms with Gasteiger partial charge in [-0.25, -0.2) is 0 Å². The van der Waals surface area contributed by atoms with E-state index in [2.05, 4.69) is 6.07 Å². The van der Waals surface area contributed by atoms with Crippen molar-refractivity contribution >= 4 is 34.7 Å². The molecule has 0 aliphatic carbocycles. The van der Waals surface area contributed by atoms with Crippen LogP contribution < -0.4 is 35.7 Å². The molecule has 1 aromatic heterocycles. The van der Waals surface area contributed by atoms with E-state index in [1.54, 1.807) is 68.8 Å². The molecule has 3 aromatic rings. The summed E-state index contributed by atoms with van der Waals surface area (Å²) in [5.41, 5.74) is 13.3. The molecule has 0 saturated carbocycles. The van der Waals surface area contributed by atoms with E-state index in [1.165, 1.54) is 4.57 Å². The third-order valence-electron chi connectivity index (χ3n) is 5.40. The van der Waals surface area contributed by atoms with Gasteiger partial charge in [-0.3, -0.25) is 14.2 Å². The van der Waals surface area contributed by atoms with Gasteiger partial charge in [0.25, 0.3) is 5.56 Å². The Kier molecular flexibility index (Phi) is 5.77. The van der Waals surface area contributed by atoms with Crippen LogP contribution in [0.25, 0.3) is 17.5 Å². The van der Waals surface area contributed by atoms with Crippen LogP contribution in [0.2, 0.25) is 0 Å². The topological polar surface area (TPSA) is 133 Å². The van der Waals surface area contributed by atoms with E-state index in [0.29, 0.717) is 26.3 Å². The van der Waals surface area contributed by atoms with Crippen LogP contribution in [0.4, 0.5) is 0 Å². The van der Waals surface area contributed by atoms with Gasteiger partial charge in [-0.2, -0.15) is 5.26 Å². The molecule has 2 aromatic carbocycles. The third-order valence-corrected chi connectivity index (χ3v) is 6.51. The zero-order chi connectivity index (χ0) is 23.7. The number of methoxy groups -OCH3 is 2. The fourth-order valence-electron chi connectivity index (χ4n) is 3.77. The number of hydrogen-bond donors (Lipinski definition) is 2. The lowest BCUT2D eigenvalue weighted by Gasteiger charge is -2.24. The highest BCUT2D eigenvalue weighted by Gasteiger charge is 2.34. The van der Waals surface area contributed by atoms with Crippen molar-refractivity contribution < 1.29 is 14.3 Å². The summed E-state index contributed by atoms with van der Waals surface area (Å²) in [6, 6.07) is 16.2. The Hall–Kier alpha value is -4.29. The monoisotopic (exact) mass is 460 g/mol. The largest absolute Gasteiger partial charge is 0.497 e. The van der Waals surface area contributed by atoms with E-state index < -0.39 is 17.4 Å². The number of nitriles is 1. The molecule has 0 saturated heterocycles. The van der Waals surface area contributed by atoms with Crippen LogP contribution in [0.1, 0.15) is 17.0 Å². The van der Waals surface area contributed by atoms with Gasteiger partial charge >= 0.3 is 0 Å². The number of benzene rings is 2. The molecule has 2 heterocycles. The summed E-state index contributed by atoms with van der Waals surface area (Å²) in [5.74, 6) is -0.247. The lowest BCUT2D eigenvalue weighted by molar-refractivity contribution is -0.113. The van der Waals surface area contributed by atoms with E-state index in [0.717, 1.165) is 16.9 Å². The molecule has 0 fully saturated rings. The highest BCUT2D eigenvalue weighted by atomic mass is 32.1. The van der Waals surface area contributed by atoms with Crippen LogP contribution in [-0.2, 0) is 4.79 Å². The van der Waals surface area contributed by atoms with Gasteiger partial charge in [0.1, 0.15) is 22.0 Å². The first-order valence-corrected chi connectivity index (χ1v) is 10.7. The van der Waals surface area contributed by atoms with Gasteiger partial charge in [0.2, 0.25) is 5.91 Å². The molecule has 0 radical (unpaired) electrons. The highest BCUT2D eigenvalue weighted by Crippen LogP contribution is 2.36. The van der Waals surface area contributed by atoms with E-state index in [-0.39, 0.29) is 17.0 Å². The summed E-state index contributed by atoms with van der Waals surface area (Å²) in [7, 11) is 3.11. The molecule has 1 aliphatic rings. The Morgan fingerprint density at radius 2 is 1.67 bits per heavy atom. The second kappa shape index (κ2) is 8.68. The number of hydrogen-bond acceptors (Lipinski definition) is 7. The molecule has 9 heteroatoms. The molecule has 1 aliphatic heterocycles. The summed E-state index contributed by atoms with van der Waals surface area (Å²) < 4.78 is 12.2. The van der Waals surface area contributed by atoms with Crippen molar-refractivity contribution in [3.8, 4) is 17.6 Å². The number of primary amides is 1. The molecule has 0 spiro atoms. The Balaban J connectivity index is 2.01. The molecule has 4 rings (SSSR count). The van der Waals surface area contributed by atoms with Gasteiger partial charge in [0, 0.05) is 0 Å². The van der Waals surface area contributed by atoms with Gasteiger partial charge < -0.3 is 20.9 Å². The van der Waals surface area contributed by atoms with Gasteiger partial charge in [-0.15, -0.1) is 11.3 Å². The lowest BCUT2D eigenvalue weighted by atomic mass is 9.83. The molecular formula is C24H20N4O4S. The van der Waals surface area contributed by atoms with Gasteiger partial charge in [-0.05, 0) is 41.5 Å². The van der Waals surface area contributed by atoms with Crippen molar-refractivity contribution in [1.82, 2.24) is 4.57 Å². The number of ether oxygens (including phenoxy) is 2. The minimum Gasteiger partial charge on any atom is -0.497 e. The van der Waals surface area contributed by atoms with Gasteiger partial charge in [-0.1, -0.05) is 24.3 Å². The quantitative estimate of drug-likeness (QED) is 0.580. The number of fused-ring (bicyclic) bond motifs is 1. The average Bonchev–Trinajstić information content (AvgIpc) is 3.15. The number of carbonyl (C=O) groups is 1. The predicted octanol–water partition coefficient (Wildman–Crippen LogP) is 0.840. The van der Waals surface area contributed by atoms with E-state index in [9.17, 15) is 14.9 Å². The number of thiazole rings is 1. The van der Waals surface area contributed by atoms with Crippen molar-refractivity contribution in [3.05, 3.63) is 84.8 Å². The maximum absolute atomic E-state index is 13.2. The molecular weight excluding hydrogens is 440 g/mol. The number of aromatic nitrogens is 1. The Labute approximate surface area is 192 Å². The van der Waals surface area contributed by atoms with Crippen molar-refractivity contribution in [2.45, 2.75) is 5.92 Å². The Bertz CT molecular complexity index is 1490. The molecule has 1 unspecified atom stereocenters. The van der Waals surface area contributed by atoms with Crippen LogP contribution in [0.5, 0.6) is 11.5 Å². The summed E-state index contributed by atoms with van der Waals surface area (Å²) in [5, 5.41) is 9.89. The number of nitrogens with zero attached hydrogens (tertiary/aromatic N) is 2. The normalized spacial score (nSPS) is 15.7. The SMILES string of the molecule is COc1ccc(/C=c2/sc3n(c2=O)C(N)=C(C#N)C(c2ccc(OC)cc2)C=3C(N)=O)cc1. The fourth-order valence-corrected chi connectivity index (χ4v) is 4.95. The molecule has 8 nitrogen and oxygen atoms in total. The number of amides is 1. The first-order valence-electron chi connectivity index (χ1n) is 9.85. The minimum absolute atomic E-state index is 0.0195. The Morgan fingerprint density at radius 3 is 2.18 bits per heavy atom. The van der Waals surface area contributed by atoms with Crippen molar-refractivity contribution in [3.63, 3.8) is 0 Å². The number of allylic oxidation sites excluding steroid dienone is 1. The van der Waals surface area contributed by atoms with E-state index in [4.69, 9.17) is 20.9 Å². The van der Waals surface area contributed by atoms with Crippen LogP contribution in [0, 0.1) is 11.3 Å². The second-order valence-electron chi connectivity index (χ2n) is 7.22. The van der Waals surface area contributed by atoms with E-state index >= 15 is 0 Å². The molecule has 1 amide bonds. The maximum Gasteiger partial charge on any atom is 0.274 e. The first-order chi connectivity index (χ1) is 15.9. The van der Waals surface area contributed by atoms with Crippen LogP contribution in [0.15, 0.2) is 58.9 Å². The zero-order valence-corrected chi connectivity index (χ0v) is 18.7. The predicted molar refractivity (Wildman–Crippen MR) is 126 cm³/mol. The zero-order valence-electron chi connectivity index (χ0n) is 17.9. The number of rotatable bonds is 5. The minimum atomic E-state index is -0.801. The van der Waals surface area contributed by atoms with Gasteiger partial charge in [0.05, 0.1) is 41.9 Å². The molecule has 0 bridgehead atoms. The first kappa shape index (κ1) is 21.9. The second-order valence-corrected chi connectivity index (χ2v) is 8.25. The maximum atomic E-state index is 13.2. The number of nitrogens with two attached hydrogens (primary N) is 2. The van der Waals surface area contributed by atoms with Crippen LogP contribution in [0.3, 0.4) is 0 Å². The Morgan fingerprint density at radius 1 is 1.09 bits per heavy atom. The lowest BCUT2D eigenvalue weighted by Crippen LogP contribution is -2.41. The standard InChI is InChI=1S/C24H20N4O4S/c1-31-15-7-3-13(4-8-15)11-18-23(30)28-21(26)17(12-25)19(20(22(27)29)24(28)33-18)14-5-9-16(32-2)10-6-14/h3-11,19H,26H2,1-2H3,(H2,27,29)/b18-11+. The van der Waals surface area contributed by atoms with Crippen molar-refractivity contribution in [2.75, 3.05) is 14.2 Å². The molecule has 1 atom stereocenters. The summed E-state index contributed by atoms with van der Waals surface area (Å²) >= 11 is 1.10. The van der Waals surface area contributed by atoms with E-state index in [1.807, 2.05) is 0 Å². The van der Waals surface area contributed by atoms with Crippen LogP contribution in [-0.4, -0.2) is 24.7 Å².